The van der Waals surface area contributed by atoms with E-state index in [1.54, 1.807) is 6.92 Å². The lowest BCUT2D eigenvalue weighted by Crippen LogP contribution is -2.34. The van der Waals surface area contributed by atoms with Gasteiger partial charge in [-0.2, -0.15) is 0 Å². The molecular weight excluding hydrogens is 312 g/mol. The van der Waals surface area contributed by atoms with Crippen LogP contribution in [-0.2, 0) is 15.6 Å². The molecular formula is C22H36O3. The Kier molecular flexibility index (Phi) is 6.50. The highest BCUT2D eigenvalue weighted by atomic mass is 16.5. The Balaban J connectivity index is 3.44. The normalized spacial score (nSPS) is 15.2. The van der Waals surface area contributed by atoms with Crippen LogP contribution in [-0.4, -0.2) is 17.2 Å². The number of hydrogen-bond acceptors (Lipinski definition) is 3. The summed E-state index contributed by atoms with van der Waals surface area (Å²) < 4.78 is 5.92. The molecule has 0 aliphatic heterocycles. The summed E-state index contributed by atoms with van der Waals surface area (Å²) in [6.45, 7) is 20.3. The molecule has 142 valence electrons. The molecule has 0 amide bonds. The molecule has 1 aromatic rings. The average Bonchev–Trinajstić information content (AvgIpc) is 2.44. The van der Waals surface area contributed by atoms with Gasteiger partial charge in [-0.15, -0.1) is 0 Å². The fourth-order valence-corrected chi connectivity index (χ4v) is 2.91. The molecule has 0 heterocycles. The minimum atomic E-state index is -0.714. The highest BCUT2D eigenvalue weighted by Crippen LogP contribution is 2.41. The van der Waals surface area contributed by atoms with E-state index >= 15 is 0 Å². The van der Waals surface area contributed by atoms with Crippen molar-refractivity contribution < 1.29 is 14.6 Å². The highest BCUT2D eigenvalue weighted by molar-refractivity contribution is 5.76. The average molecular weight is 349 g/mol. The van der Waals surface area contributed by atoms with E-state index in [-0.39, 0.29) is 22.7 Å². The lowest BCUT2D eigenvalue weighted by Gasteiger charge is -2.31. The number of esters is 1. The lowest BCUT2D eigenvalue weighted by molar-refractivity contribution is -0.143. The quantitative estimate of drug-likeness (QED) is 0.605. The van der Waals surface area contributed by atoms with E-state index < -0.39 is 12.0 Å². The monoisotopic (exact) mass is 348 g/mol. The first kappa shape index (κ1) is 21.7. The van der Waals surface area contributed by atoms with Gasteiger partial charge >= 0.3 is 5.97 Å². The molecule has 0 unspecified atom stereocenters. The number of ether oxygens (including phenoxy) is 1. The molecule has 1 rings (SSSR count). The van der Waals surface area contributed by atoms with Gasteiger partial charge in [0.1, 0.15) is 5.75 Å². The second kappa shape index (κ2) is 7.49. The molecule has 0 fully saturated rings. The van der Waals surface area contributed by atoms with E-state index in [0.29, 0.717) is 5.75 Å². The highest BCUT2D eigenvalue weighted by Gasteiger charge is 2.32. The van der Waals surface area contributed by atoms with E-state index in [0.717, 1.165) is 16.7 Å². The largest absolute Gasteiger partial charge is 0.426 e. The smallest absolute Gasteiger partial charge is 0.316 e. The first-order valence-corrected chi connectivity index (χ1v) is 9.21. The first-order valence-electron chi connectivity index (χ1n) is 9.21. The van der Waals surface area contributed by atoms with E-state index in [2.05, 4.69) is 60.6 Å². The Morgan fingerprint density at radius 1 is 0.960 bits per heavy atom. The van der Waals surface area contributed by atoms with Crippen molar-refractivity contribution >= 4 is 5.97 Å². The lowest BCUT2D eigenvalue weighted by atomic mass is 9.78. The third-order valence-electron chi connectivity index (χ3n) is 4.62. The molecule has 0 spiro atoms. The molecule has 0 saturated heterocycles. The van der Waals surface area contributed by atoms with Gasteiger partial charge < -0.3 is 9.84 Å². The fourth-order valence-electron chi connectivity index (χ4n) is 2.91. The van der Waals surface area contributed by atoms with E-state index in [9.17, 15) is 9.90 Å². The SMILES string of the molecule is Cc1cc(C(C)(C)C)c(OC(=O)[C@H](C)[C@H](O)C(C)C)c(C(C)(C)C)c1. The van der Waals surface area contributed by atoms with Crippen molar-refractivity contribution in [2.45, 2.75) is 86.2 Å². The van der Waals surface area contributed by atoms with Gasteiger partial charge in [-0.05, 0) is 30.6 Å². The van der Waals surface area contributed by atoms with E-state index in [4.69, 9.17) is 4.74 Å². The number of aryl methyl sites for hydroxylation is 1. The molecule has 1 N–H and O–H groups in total. The van der Waals surface area contributed by atoms with Crippen molar-refractivity contribution in [2.75, 3.05) is 0 Å². The molecule has 0 aliphatic rings. The van der Waals surface area contributed by atoms with Crippen LogP contribution in [0.4, 0.5) is 0 Å². The summed E-state index contributed by atoms with van der Waals surface area (Å²) >= 11 is 0. The summed E-state index contributed by atoms with van der Waals surface area (Å²) in [5.74, 6) is -0.286. The molecule has 1 aromatic carbocycles. The van der Waals surface area contributed by atoms with Gasteiger partial charge in [-0.1, -0.05) is 73.1 Å². The number of aliphatic hydroxyl groups excluding tert-OH is 1. The number of rotatable bonds is 4. The summed E-state index contributed by atoms with van der Waals surface area (Å²) in [6, 6.07) is 4.20. The Morgan fingerprint density at radius 3 is 1.68 bits per heavy atom. The molecule has 0 aromatic heterocycles. The van der Waals surface area contributed by atoms with Gasteiger partial charge in [0.25, 0.3) is 0 Å². The zero-order chi connectivity index (χ0) is 19.7. The number of benzene rings is 1. The van der Waals surface area contributed by atoms with Crippen molar-refractivity contribution in [2.24, 2.45) is 11.8 Å². The van der Waals surface area contributed by atoms with Crippen molar-refractivity contribution in [1.29, 1.82) is 0 Å². The van der Waals surface area contributed by atoms with Crippen molar-refractivity contribution in [3.05, 3.63) is 28.8 Å². The number of carbonyl (C=O) groups excluding carboxylic acids is 1. The first-order chi connectivity index (χ1) is 11.2. The molecule has 0 radical (unpaired) electrons. The molecule has 0 saturated carbocycles. The van der Waals surface area contributed by atoms with Crippen molar-refractivity contribution in [3.63, 3.8) is 0 Å². The van der Waals surface area contributed by atoms with Crippen molar-refractivity contribution in [1.82, 2.24) is 0 Å². The second-order valence-corrected chi connectivity index (χ2v) is 9.63. The topological polar surface area (TPSA) is 46.5 Å². The van der Waals surface area contributed by atoms with Crippen LogP contribution in [0.15, 0.2) is 12.1 Å². The zero-order valence-corrected chi connectivity index (χ0v) is 17.7. The number of hydrogen-bond donors (Lipinski definition) is 1. The van der Waals surface area contributed by atoms with Gasteiger partial charge in [0.15, 0.2) is 0 Å². The maximum absolute atomic E-state index is 12.7. The molecule has 0 bridgehead atoms. The maximum Gasteiger partial charge on any atom is 0.316 e. The second-order valence-electron chi connectivity index (χ2n) is 9.63. The van der Waals surface area contributed by atoms with Crippen LogP contribution >= 0.6 is 0 Å². The van der Waals surface area contributed by atoms with Crippen molar-refractivity contribution in [3.8, 4) is 5.75 Å². The number of carbonyl (C=O) groups is 1. The third kappa shape index (κ3) is 5.31. The maximum atomic E-state index is 12.7. The molecule has 3 nitrogen and oxygen atoms in total. The summed E-state index contributed by atoms with van der Waals surface area (Å²) in [4.78, 5) is 12.7. The van der Waals surface area contributed by atoms with Crippen LogP contribution in [0.1, 0.15) is 79.0 Å². The van der Waals surface area contributed by atoms with Gasteiger partial charge in [-0.25, -0.2) is 0 Å². The molecule has 3 heteroatoms. The van der Waals surface area contributed by atoms with Crippen LogP contribution in [0.3, 0.4) is 0 Å². The number of aliphatic hydroxyl groups is 1. The van der Waals surface area contributed by atoms with Crippen LogP contribution in [0.25, 0.3) is 0 Å². The summed E-state index contributed by atoms with van der Waals surface area (Å²) in [5, 5.41) is 10.2. The van der Waals surface area contributed by atoms with Gasteiger partial charge in [-0.3, -0.25) is 4.79 Å². The fraction of sp³-hybridized carbons (Fsp3) is 0.682. The molecule has 0 aliphatic carbocycles. The Labute approximate surface area is 153 Å². The Hall–Kier alpha value is -1.35. The standard InChI is InChI=1S/C22H36O3/c1-13(2)18(23)15(4)20(24)25-19-16(21(5,6)7)11-14(3)12-17(19)22(8,9)10/h11-13,15,18,23H,1-10H3/t15-,18-/m1/s1. The third-order valence-corrected chi connectivity index (χ3v) is 4.62. The van der Waals surface area contributed by atoms with Crippen LogP contribution in [0, 0.1) is 18.8 Å². The Morgan fingerprint density at radius 2 is 1.36 bits per heavy atom. The Bertz CT molecular complexity index is 580. The van der Waals surface area contributed by atoms with Gasteiger partial charge in [0.05, 0.1) is 12.0 Å². The molecule has 2 atom stereocenters. The summed E-state index contributed by atoms with van der Waals surface area (Å²) in [7, 11) is 0. The summed E-state index contributed by atoms with van der Waals surface area (Å²) in [6.07, 6.45) is -0.714. The minimum Gasteiger partial charge on any atom is -0.426 e. The van der Waals surface area contributed by atoms with E-state index in [1.807, 2.05) is 13.8 Å². The predicted octanol–water partition coefficient (Wildman–Crippen LogP) is 5.15. The van der Waals surface area contributed by atoms with Gasteiger partial charge in [0.2, 0.25) is 0 Å². The minimum absolute atomic E-state index is 0.00439. The van der Waals surface area contributed by atoms with Crippen LogP contribution in [0.5, 0.6) is 5.75 Å². The summed E-state index contributed by atoms with van der Waals surface area (Å²) in [5.41, 5.74) is 2.90. The van der Waals surface area contributed by atoms with E-state index in [1.165, 1.54) is 0 Å². The zero-order valence-electron chi connectivity index (χ0n) is 17.7. The van der Waals surface area contributed by atoms with Crippen LogP contribution in [0.2, 0.25) is 0 Å². The van der Waals surface area contributed by atoms with Crippen LogP contribution < -0.4 is 4.74 Å². The molecule has 25 heavy (non-hydrogen) atoms. The van der Waals surface area contributed by atoms with Gasteiger partial charge in [0, 0.05) is 11.1 Å². The predicted molar refractivity (Wildman–Crippen MR) is 104 cm³/mol.